The number of carbonyl (C=O) groups is 3. The number of aryl methyl sites for hydroxylation is 2. The summed E-state index contributed by atoms with van der Waals surface area (Å²) in [5, 5.41) is 4.07. The molecule has 206 valence electrons. The van der Waals surface area contributed by atoms with Crippen LogP contribution in [-0.2, 0) is 4.79 Å². The average Bonchev–Trinajstić information content (AvgIpc) is 3.32. The number of aromatic nitrogens is 2. The van der Waals surface area contributed by atoms with Crippen LogP contribution in [0.3, 0.4) is 0 Å². The van der Waals surface area contributed by atoms with Gasteiger partial charge in [-0.1, -0.05) is 37.5 Å². The monoisotopic (exact) mass is 556 g/mol. The first kappa shape index (κ1) is 27.3. The minimum absolute atomic E-state index is 0.0250. The summed E-state index contributed by atoms with van der Waals surface area (Å²) in [7, 11) is 0. The van der Waals surface area contributed by atoms with Crippen LogP contribution in [0.1, 0.15) is 75.0 Å². The first-order chi connectivity index (χ1) is 19.2. The number of nitrogens with one attached hydrogen (secondary N) is 1. The van der Waals surface area contributed by atoms with E-state index in [0.717, 1.165) is 65.7 Å². The van der Waals surface area contributed by atoms with Gasteiger partial charge in [-0.3, -0.25) is 24.3 Å². The van der Waals surface area contributed by atoms with Crippen LogP contribution in [0.4, 0.5) is 11.4 Å². The fourth-order valence-electron chi connectivity index (χ4n) is 5.42. The summed E-state index contributed by atoms with van der Waals surface area (Å²) in [4.78, 5) is 46.4. The second-order valence-corrected chi connectivity index (χ2v) is 11.1. The lowest BCUT2D eigenvalue weighted by Crippen LogP contribution is -2.47. The van der Waals surface area contributed by atoms with Gasteiger partial charge in [0.25, 0.3) is 11.8 Å². The molecular weight excluding hydrogens is 524 g/mol. The number of amides is 3. The van der Waals surface area contributed by atoms with Crippen LogP contribution in [0.25, 0.3) is 10.9 Å². The largest absolute Gasteiger partial charge is 0.395 e. The molecule has 4 aromatic rings. The molecule has 40 heavy (non-hydrogen) atoms. The molecule has 0 unspecified atom stereocenters. The van der Waals surface area contributed by atoms with Gasteiger partial charge in [-0.25, -0.2) is 0 Å². The second kappa shape index (κ2) is 11.4. The Morgan fingerprint density at radius 2 is 1.75 bits per heavy atom. The van der Waals surface area contributed by atoms with E-state index >= 15 is 0 Å². The number of benzene rings is 2. The molecule has 5 N–H and O–H groups in total. The van der Waals surface area contributed by atoms with Gasteiger partial charge in [-0.05, 0) is 85.2 Å². The van der Waals surface area contributed by atoms with Crippen LogP contribution < -0.4 is 21.7 Å². The summed E-state index contributed by atoms with van der Waals surface area (Å²) < 4.78 is 4.04. The van der Waals surface area contributed by atoms with Gasteiger partial charge in [-0.15, -0.1) is 0 Å². The topological polar surface area (TPSA) is 144 Å². The zero-order valence-electron chi connectivity index (χ0n) is 22.5. The van der Waals surface area contributed by atoms with Gasteiger partial charge in [0.15, 0.2) is 5.69 Å². The lowest BCUT2D eigenvalue weighted by atomic mass is 9.94. The Morgan fingerprint density at radius 1 is 1.02 bits per heavy atom. The standard InChI is InChI=1S/C30H32N6O3S/c1-17-13-18(2)15-22(14-17)36(30(39)27-24(31)25(28(32)37)35-40-27)26(29(38)34-21-8-4-3-5-9-21)20-10-11-23-19(16-20)7-6-12-33-23/h6-7,10-16,21,26H,3-5,8-9,31H2,1-2H3,(H2,32,37)(H,34,38)/t26-/m0/s1. The van der Waals surface area contributed by atoms with Crippen LogP contribution in [0.15, 0.2) is 54.7 Å². The van der Waals surface area contributed by atoms with Gasteiger partial charge >= 0.3 is 0 Å². The molecule has 2 aromatic carbocycles. The molecule has 2 heterocycles. The van der Waals surface area contributed by atoms with Crippen molar-refractivity contribution in [3.63, 3.8) is 0 Å². The molecule has 2 aromatic heterocycles. The zero-order chi connectivity index (χ0) is 28.4. The van der Waals surface area contributed by atoms with E-state index in [-0.39, 0.29) is 28.2 Å². The Balaban J connectivity index is 1.69. The Hall–Kier alpha value is -4.31. The number of nitrogens with zero attached hydrogens (tertiary/aromatic N) is 3. The Labute approximate surface area is 236 Å². The third kappa shape index (κ3) is 5.53. The van der Waals surface area contributed by atoms with Crippen molar-refractivity contribution in [2.45, 2.75) is 58.0 Å². The highest BCUT2D eigenvalue weighted by atomic mass is 32.1. The van der Waals surface area contributed by atoms with Crippen molar-refractivity contribution in [3.8, 4) is 0 Å². The fraction of sp³-hybridized carbons (Fsp3) is 0.300. The zero-order valence-corrected chi connectivity index (χ0v) is 23.3. The van der Waals surface area contributed by atoms with Gasteiger partial charge in [-0.2, -0.15) is 4.37 Å². The maximum absolute atomic E-state index is 14.4. The van der Waals surface area contributed by atoms with Gasteiger partial charge in [0.05, 0.1) is 11.2 Å². The van der Waals surface area contributed by atoms with E-state index in [9.17, 15) is 14.4 Å². The van der Waals surface area contributed by atoms with Crippen LogP contribution in [0, 0.1) is 13.8 Å². The van der Waals surface area contributed by atoms with Gasteiger partial charge in [0.1, 0.15) is 10.9 Å². The Bertz CT molecular complexity index is 1570. The highest BCUT2D eigenvalue weighted by molar-refractivity contribution is 7.09. The number of hydrogen-bond donors (Lipinski definition) is 3. The van der Waals surface area contributed by atoms with Crippen LogP contribution in [0.5, 0.6) is 0 Å². The Morgan fingerprint density at radius 3 is 2.42 bits per heavy atom. The minimum atomic E-state index is -1.03. The summed E-state index contributed by atoms with van der Waals surface area (Å²) in [6.07, 6.45) is 6.73. The van der Waals surface area contributed by atoms with Crippen molar-refractivity contribution in [1.29, 1.82) is 0 Å². The van der Waals surface area contributed by atoms with Crippen LogP contribution in [0.2, 0.25) is 0 Å². The predicted octanol–water partition coefficient (Wildman–Crippen LogP) is 4.83. The van der Waals surface area contributed by atoms with E-state index < -0.39 is 17.9 Å². The number of hydrogen-bond acceptors (Lipinski definition) is 7. The summed E-state index contributed by atoms with van der Waals surface area (Å²) in [6.45, 7) is 3.87. The van der Waals surface area contributed by atoms with Gasteiger partial charge in [0.2, 0.25) is 5.91 Å². The molecule has 0 aliphatic heterocycles. The van der Waals surface area contributed by atoms with Crippen molar-refractivity contribution >= 4 is 51.5 Å². The molecule has 5 rings (SSSR count). The normalized spacial score (nSPS) is 14.6. The van der Waals surface area contributed by atoms with E-state index in [1.54, 1.807) is 6.20 Å². The molecule has 0 bridgehead atoms. The number of primary amides is 1. The summed E-state index contributed by atoms with van der Waals surface area (Å²) in [6, 6.07) is 14.0. The number of carbonyl (C=O) groups excluding carboxylic acids is 3. The number of nitrogen functional groups attached to an aromatic ring is 1. The van der Waals surface area contributed by atoms with Crippen molar-refractivity contribution in [1.82, 2.24) is 14.7 Å². The number of anilines is 2. The molecule has 9 nitrogen and oxygen atoms in total. The maximum Gasteiger partial charge on any atom is 0.273 e. The predicted molar refractivity (Wildman–Crippen MR) is 157 cm³/mol. The smallest absolute Gasteiger partial charge is 0.273 e. The molecule has 0 radical (unpaired) electrons. The molecule has 1 atom stereocenters. The van der Waals surface area contributed by atoms with E-state index in [4.69, 9.17) is 11.5 Å². The molecule has 1 saturated carbocycles. The second-order valence-electron chi connectivity index (χ2n) is 10.4. The van der Waals surface area contributed by atoms with E-state index in [0.29, 0.717) is 11.3 Å². The first-order valence-electron chi connectivity index (χ1n) is 13.3. The van der Waals surface area contributed by atoms with Crippen molar-refractivity contribution in [2.24, 2.45) is 5.73 Å². The first-order valence-corrected chi connectivity index (χ1v) is 14.1. The molecule has 1 aliphatic rings. The van der Waals surface area contributed by atoms with Crippen LogP contribution >= 0.6 is 11.5 Å². The summed E-state index contributed by atoms with van der Waals surface area (Å²) in [5.41, 5.74) is 15.2. The highest BCUT2D eigenvalue weighted by Crippen LogP contribution is 2.35. The third-order valence-electron chi connectivity index (χ3n) is 7.26. The quantitative estimate of drug-likeness (QED) is 0.297. The Kier molecular flexibility index (Phi) is 7.79. The van der Waals surface area contributed by atoms with E-state index in [1.165, 1.54) is 4.90 Å². The summed E-state index contributed by atoms with van der Waals surface area (Å²) in [5.74, 6) is -1.65. The number of nitrogens with two attached hydrogens (primary N) is 2. The number of pyridine rings is 1. The van der Waals surface area contributed by atoms with E-state index in [1.807, 2.05) is 62.4 Å². The molecule has 0 saturated heterocycles. The fourth-order valence-corrected chi connectivity index (χ4v) is 6.16. The minimum Gasteiger partial charge on any atom is -0.395 e. The molecule has 1 fully saturated rings. The SMILES string of the molecule is Cc1cc(C)cc(N(C(=O)c2snc(C(N)=O)c2N)[C@H](C(=O)NC2CCCCC2)c2ccc3ncccc3c2)c1. The molecule has 3 amide bonds. The van der Waals surface area contributed by atoms with E-state index in [2.05, 4.69) is 14.7 Å². The van der Waals surface area contributed by atoms with Crippen molar-refractivity contribution < 1.29 is 14.4 Å². The van der Waals surface area contributed by atoms with Crippen LogP contribution in [-0.4, -0.2) is 33.1 Å². The average molecular weight is 557 g/mol. The lowest BCUT2D eigenvalue weighted by Gasteiger charge is -2.33. The number of fused-ring (bicyclic) bond motifs is 1. The molecule has 1 aliphatic carbocycles. The lowest BCUT2D eigenvalue weighted by molar-refractivity contribution is -0.123. The maximum atomic E-state index is 14.4. The van der Waals surface area contributed by atoms with Crippen molar-refractivity contribution in [3.05, 3.63) is 82.0 Å². The van der Waals surface area contributed by atoms with Gasteiger partial charge in [0, 0.05) is 23.3 Å². The molecular formula is C30H32N6O3S. The highest BCUT2D eigenvalue weighted by Gasteiger charge is 2.37. The number of rotatable bonds is 7. The summed E-state index contributed by atoms with van der Waals surface area (Å²) >= 11 is 0.798. The van der Waals surface area contributed by atoms with Gasteiger partial charge < -0.3 is 16.8 Å². The molecule has 0 spiro atoms. The molecule has 10 heteroatoms. The van der Waals surface area contributed by atoms with Crippen molar-refractivity contribution in [2.75, 3.05) is 10.6 Å². The third-order valence-corrected chi connectivity index (χ3v) is 8.11.